The summed E-state index contributed by atoms with van der Waals surface area (Å²) in [7, 11) is 0. The second kappa shape index (κ2) is 11.6. The quantitative estimate of drug-likeness (QED) is 0.131. The molecular formula is C34H35IN4O2. The predicted molar refractivity (Wildman–Crippen MR) is 177 cm³/mol. The third-order valence-corrected chi connectivity index (χ3v) is 8.67. The van der Waals surface area contributed by atoms with E-state index in [4.69, 9.17) is 14.8 Å². The van der Waals surface area contributed by atoms with Crippen molar-refractivity contribution in [1.29, 1.82) is 0 Å². The maximum absolute atomic E-state index is 13.9. The fraction of sp³-hybridized carbons (Fsp3) is 0.265. The van der Waals surface area contributed by atoms with Crippen LogP contribution in [0.15, 0.2) is 70.6 Å². The number of para-hydroxylation sites is 1. The monoisotopic (exact) mass is 658 g/mol. The lowest BCUT2D eigenvalue weighted by molar-refractivity contribution is 0.335. The van der Waals surface area contributed by atoms with Crippen molar-refractivity contribution >= 4 is 39.7 Å². The van der Waals surface area contributed by atoms with Crippen LogP contribution in [0.3, 0.4) is 0 Å². The Balaban J connectivity index is 1.69. The van der Waals surface area contributed by atoms with Crippen LogP contribution in [0.4, 0.5) is 0 Å². The zero-order valence-electron chi connectivity index (χ0n) is 24.6. The van der Waals surface area contributed by atoms with Crippen molar-refractivity contribution in [1.82, 2.24) is 14.2 Å². The van der Waals surface area contributed by atoms with Crippen molar-refractivity contribution in [2.45, 2.75) is 54.4 Å². The number of fused-ring (bicyclic) bond motifs is 1. The van der Waals surface area contributed by atoms with Crippen molar-refractivity contribution in [3.8, 4) is 22.8 Å². The number of hydrogen-bond donors (Lipinski definition) is 0. The molecule has 0 atom stereocenters. The van der Waals surface area contributed by atoms with Gasteiger partial charge >= 0.3 is 0 Å². The van der Waals surface area contributed by atoms with Gasteiger partial charge in [0.05, 0.1) is 23.7 Å². The third-order valence-electron chi connectivity index (χ3n) is 7.46. The molecular weight excluding hydrogens is 623 g/mol. The van der Waals surface area contributed by atoms with Crippen molar-refractivity contribution in [2.75, 3.05) is 6.61 Å². The second-order valence-corrected chi connectivity index (χ2v) is 11.9. The molecule has 210 valence electrons. The van der Waals surface area contributed by atoms with E-state index in [1.54, 1.807) is 12.3 Å². The van der Waals surface area contributed by atoms with Crippen LogP contribution in [-0.2, 0) is 0 Å². The lowest BCUT2D eigenvalue weighted by Crippen LogP contribution is -2.21. The topological polar surface area (TPSA) is 61.4 Å². The van der Waals surface area contributed by atoms with Crippen LogP contribution in [-0.4, -0.2) is 27.0 Å². The minimum Gasteiger partial charge on any atom is -0.494 e. The Kier molecular flexibility index (Phi) is 8.18. The molecule has 0 spiro atoms. The van der Waals surface area contributed by atoms with E-state index in [-0.39, 0.29) is 11.5 Å². The molecule has 0 unspecified atom stereocenters. The lowest BCUT2D eigenvalue weighted by Gasteiger charge is -2.18. The summed E-state index contributed by atoms with van der Waals surface area (Å²) in [4.78, 5) is 18.8. The SMILES string of the molecule is CCOc1cc(C)c(-c2nc3ccccc3c(=O)n2N=Cc2cc(C)n(-c3ccc(I)c(C)c3)c2C)cc1C(C)C. The highest BCUT2D eigenvalue weighted by Crippen LogP contribution is 2.34. The van der Waals surface area contributed by atoms with Gasteiger partial charge in [-0.2, -0.15) is 9.78 Å². The Labute approximate surface area is 254 Å². The van der Waals surface area contributed by atoms with E-state index in [1.807, 2.05) is 38.1 Å². The summed E-state index contributed by atoms with van der Waals surface area (Å²) in [5.74, 6) is 1.60. The number of ether oxygens (including phenoxy) is 1. The van der Waals surface area contributed by atoms with Gasteiger partial charge in [-0.25, -0.2) is 4.98 Å². The molecule has 6 nitrogen and oxygen atoms in total. The number of halogens is 1. The first-order chi connectivity index (χ1) is 19.6. The van der Waals surface area contributed by atoms with E-state index in [0.29, 0.717) is 23.3 Å². The molecule has 5 rings (SSSR count). The molecule has 0 radical (unpaired) electrons. The Bertz CT molecular complexity index is 1860. The van der Waals surface area contributed by atoms with Gasteiger partial charge in [-0.3, -0.25) is 4.79 Å². The molecule has 3 aromatic carbocycles. The number of rotatable bonds is 7. The van der Waals surface area contributed by atoms with Crippen LogP contribution >= 0.6 is 22.6 Å². The van der Waals surface area contributed by atoms with Crippen LogP contribution < -0.4 is 10.3 Å². The van der Waals surface area contributed by atoms with Gasteiger partial charge < -0.3 is 9.30 Å². The maximum Gasteiger partial charge on any atom is 0.282 e. The number of aromatic nitrogens is 3. The summed E-state index contributed by atoms with van der Waals surface area (Å²) in [5.41, 5.74) is 8.76. The van der Waals surface area contributed by atoms with Crippen molar-refractivity contribution in [3.05, 3.63) is 108 Å². The van der Waals surface area contributed by atoms with Gasteiger partial charge in [0, 0.05) is 31.8 Å². The van der Waals surface area contributed by atoms with E-state index >= 15 is 0 Å². The molecule has 0 bridgehead atoms. The number of hydrogen-bond acceptors (Lipinski definition) is 4. The molecule has 41 heavy (non-hydrogen) atoms. The fourth-order valence-corrected chi connectivity index (χ4v) is 5.61. The van der Waals surface area contributed by atoms with Crippen molar-refractivity contribution in [3.63, 3.8) is 0 Å². The fourth-order valence-electron chi connectivity index (χ4n) is 5.28. The standard InChI is InChI=1S/C34H35IN4O2/c1-8-41-32-16-21(4)29(18-28(32)20(2)3)33-37-31-12-10-9-11-27(31)34(40)39(33)36-19-25-17-23(6)38(24(25)7)26-13-14-30(35)22(5)15-26/h9-20H,8H2,1-7H3. The molecule has 0 saturated carbocycles. The van der Waals surface area contributed by atoms with Gasteiger partial charge in [0.25, 0.3) is 5.56 Å². The van der Waals surface area contributed by atoms with Gasteiger partial charge in [-0.15, -0.1) is 0 Å². The molecule has 0 saturated heterocycles. The van der Waals surface area contributed by atoms with E-state index < -0.39 is 0 Å². The zero-order chi connectivity index (χ0) is 29.4. The van der Waals surface area contributed by atoms with Crippen LogP contribution in [0, 0.1) is 31.3 Å². The lowest BCUT2D eigenvalue weighted by atomic mass is 9.96. The molecule has 0 N–H and O–H groups in total. The van der Waals surface area contributed by atoms with Gasteiger partial charge in [-0.1, -0.05) is 26.0 Å². The van der Waals surface area contributed by atoms with Crippen molar-refractivity contribution in [2.24, 2.45) is 5.10 Å². The van der Waals surface area contributed by atoms with E-state index in [0.717, 1.165) is 45.1 Å². The number of nitrogens with zero attached hydrogens (tertiary/aromatic N) is 4. The van der Waals surface area contributed by atoms with Gasteiger partial charge in [0.1, 0.15) is 5.75 Å². The molecule has 2 aromatic heterocycles. The first kappa shape index (κ1) is 28.8. The van der Waals surface area contributed by atoms with E-state index in [1.165, 1.54) is 13.8 Å². The summed E-state index contributed by atoms with van der Waals surface area (Å²) in [6.07, 6.45) is 1.77. The Hall–Kier alpha value is -3.72. The minimum atomic E-state index is -0.205. The summed E-state index contributed by atoms with van der Waals surface area (Å²) < 4.78 is 10.8. The van der Waals surface area contributed by atoms with Crippen LogP contribution in [0.5, 0.6) is 5.75 Å². The van der Waals surface area contributed by atoms with Crippen LogP contribution in [0.2, 0.25) is 0 Å². The molecule has 0 aliphatic carbocycles. The normalized spacial score (nSPS) is 11.7. The average Bonchev–Trinajstić information content (AvgIpc) is 3.22. The van der Waals surface area contributed by atoms with Gasteiger partial charge in [-0.05, 0) is 128 Å². The molecule has 0 aliphatic rings. The highest BCUT2D eigenvalue weighted by atomic mass is 127. The summed E-state index contributed by atoms with van der Waals surface area (Å²) in [6.45, 7) is 15.2. The van der Waals surface area contributed by atoms with Gasteiger partial charge in [0.15, 0.2) is 5.82 Å². The summed E-state index contributed by atoms with van der Waals surface area (Å²) in [5, 5.41) is 5.32. The van der Waals surface area contributed by atoms with E-state index in [9.17, 15) is 4.79 Å². The molecule has 2 heterocycles. The van der Waals surface area contributed by atoms with Crippen LogP contribution in [0.1, 0.15) is 60.3 Å². The first-order valence-electron chi connectivity index (χ1n) is 13.9. The number of benzene rings is 3. The second-order valence-electron chi connectivity index (χ2n) is 10.7. The maximum atomic E-state index is 13.9. The highest BCUT2D eigenvalue weighted by Gasteiger charge is 2.19. The molecule has 0 amide bonds. The first-order valence-corrected chi connectivity index (χ1v) is 15.0. The third kappa shape index (κ3) is 5.47. The molecule has 0 aliphatic heterocycles. The highest BCUT2D eigenvalue weighted by molar-refractivity contribution is 14.1. The largest absolute Gasteiger partial charge is 0.494 e. The average molecular weight is 659 g/mol. The van der Waals surface area contributed by atoms with E-state index in [2.05, 4.69) is 92.1 Å². The Morgan fingerprint density at radius 3 is 2.46 bits per heavy atom. The van der Waals surface area contributed by atoms with Gasteiger partial charge in [0.2, 0.25) is 0 Å². The predicted octanol–water partition coefficient (Wildman–Crippen LogP) is 8.10. The Morgan fingerprint density at radius 2 is 1.76 bits per heavy atom. The van der Waals surface area contributed by atoms with Crippen molar-refractivity contribution < 1.29 is 4.74 Å². The summed E-state index contributed by atoms with van der Waals surface area (Å²) in [6, 6.07) is 20.1. The number of aryl methyl sites for hydroxylation is 3. The molecule has 0 fully saturated rings. The smallest absolute Gasteiger partial charge is 0.282 e. The Morgan fingerprint density at radius 1 is 1.00 bits per heavy atom. The van der Waals surface area contributed by atoms with Crippen LogP contribution in [0.25, 0.3) is 28.0 Å². The molecule has 7 heteroatoms. The minimum absolute atomic E-state index is 0.205. The summed E-state index contributed by atoms with van der Waals surface area (Å²) >= 11 is 2.36. The zero-order valence-corrected chi connectivity index (χ0v) is 26.8. The molecule has 5 aromatic rings.